The minimum absolute atomic E-state index is 0.0304. The lowest BCUT2D eigenvalue weighted by Crippen LogP contribution is -2.37. The Morgan fingerprint density at radius 3 is 1.57 bits per heavy atom. The first kappa shape index (κ1) is 41.5. The van der Waals surface area contributed by atoms with Gasteiger partial charge in [-0.05, 0) is 12.8 Å². The topological polar surface area (TPSA) is 94.1 Å². The second-order valence-electron chi connectivity index (χ2n) is 12.9. The number of quaternary nitrogens is 1. The van der Waals surface area contributed by atoms with Gasteiger partial charge < -0.3 is 27.9 Å². The fourth-order valence-electron chi connectivity index (χ4n) is 4.66. The zero-order valence-electron chi connectivity index (χ0n) is 28.2. The van der Waals surface area contributed by atoms with Gasteiger partial charge in [-0.15, -0.1) is 0 Å². The quantitative estimate of drug-likeness (QED) is 0.0322. The number of ether oxygens (including phenoxy) is 2. The summed E-state index contributed by atoms with van der Waals surface area (Å²) in [6.07, 6.45) is 23.9. The van der Waals surface area contributed by atoms with Crippen molar-refractivity contribution < 1.29 is 37.3 Å². The van der Waals surface area contributed by atoms with Crippen LogP contribution in [0.4, 0.5) is 0 Å². The molecule has 0 aliphatic heterocycles. The Morgan fingerprint density at radius 2 is 1.10 bits per heavy atom. The largest absolute Gasteiger partial charge is 0.756 e. The predicted octanol–water partition coefficient (Wildman–Crippen LogP) is 8.35. The normalized spacial score (nSPS) is 14.1. The SMILES string of the molecule is CCCCCCCCCCCCCCOC[C@H](COP(=O)([O-])OCC[N+](C)(C)C)OC(=O)CCCCCCCCCC. The van der Waals surface area contributed by atoms with E-state index in [-0.39, 0.29) is 25.8 Å². The summed E-state index contributed by atoms with van der Waals surface area (Å²) in [6.45, 7) is 5.39. The number of carbonyl (C=O) groups excluding carboxylic acids is 1. The number of unbranched alkanes of at least 4 members (excludes halogenated alkanes) is 18. The maximum Gasteiger partial charge on any atom is 0.306 e. The second-order valence-corrected chi connectivity index (χ2v) is 14.3. The molecule has 0 aliphatic carbocycles. The molecule has 8 nitrogen and oxygen atoms in total. The number of nitrogens with zero attached hydrogens (tertiary/aromatic N) is 1. The van der Waals surface area contributed by atoms with Crippen LogP contribution in [0.1, 0.15) is 149 Å². The van der Waals surface area contributed by atoms with E-state index in [1.807, 2.05) is 21.1 Å². The van der Waals surface area contributed by atoms with Crippen LogP contribution in [0.2, 0.25) is 0 Å². The molecule has 9 heteroatoms. The first-order chi connectivity index (χ1) is 20.1. The maximum absolute atomic E-state index is 12.5. The van der Waals surface area contributed by atoms with E-state index in [0.29, 0.717) is 24.1 Å². The molecule has 2 atom stereocenters. The summed E-state index contributed by atoms with van der Waals surface area (Å²) in [7, 11) is 1.36. The summed E-state index contributed by atoms with van der Waals surface area (Å²) in [6, 6.07) is 0. The highest BCUT2D eigenvalue weighted by atomic mass is 31.2. The lowest BCUT2D eigenvalue weighted by atomic mass is 10.1. The zero-order valence-corrected chi connectivity index (χ0v) is 29.1. The van der Waals surface area contributed by atoms with E-state index >= 15 is 0 Å². The average Bonchev–Trinajstić information content (AvgIpc) is 2.92. The highest BCUT2D eigenvalue weighted by Crippen LogP contribution is 2.38. The van der Waals surface area contributed by atoms with Crippen molar-refractivity contribution in [1.82, 2.24) is 0 Å². The fourth-order valence-corrected chi connectivity index (χ4v) is 5.39. The van der Waals surface area contributed by atoms with Gasteiger partial charge in [0, 0.05) is 13.0 Å². The molecule has 0 rings (SSSR count). The summed E-state index contributed by atoms with van der Waals surface area (Å²) in [4.78, 5) is 24.7. The smallest absolute Gasteiger partial charge is 0.306 e. The fraction of sp³-hybridized carbons (Fsp3) is 0.970. The molecule has 0 aromatic rings. The molecule has 0 aromatic carbocycles. The molecule has 0 spiro atoms. The van der Waals surface area contributed by atoms with Gasteiger partial charge in [0.15, 0.2) is 0 Å². The molecular weight excluding hydrogens is 553 g/mol. The second kappa shape index (κ2) is 28.0. The lowest BCUT2D eigenvalue weighted by Gasteiger charge is -2.28. The van der Waals surface area contributed by atoms with E-state index < -0.39 is 13.9 Å². The van der Waals surface area contributed by atoms with Crippen LogP contribution in [0.15, 0.2) is 0 Å². The molecule has 0 heterocycles. The third-order valence-electron chi connectivity index (χ3n) is 7.41. The summed E-state index contributed by atoms with van der Waals surface area (Å²) >= 11 is 0. The van der Waals surface area contributed by atoms with E-state index in [9.17, 15) is 14.3 Å². The Morgan fingerprint density at radius 1 is 0.643 bits per heavy atom. The molecule has 0 bridgehead atoms. The van der Waals surface area contributed by atoms with Crippen LogP contribution in [0.25, 0.3) is 0 Å². The summed E-state index contributed by atoms with van der Waals surface area (Å²) in [5, 5.41) is 0. The third-order valence-corrected chi connectivity index (χ3v) is 8.37. The molecule has 0 radical (unpaired) electrons. The van der Waals surface area contributed by atoms with Gasteiger partial charge in [-0.1, -0.05) is 129 Å². The molecule has 0 saturated carbocycles. The standard InChI is InChI=1S/C33H68NO7P/c1-6-8-10-12-14-16-17-18-19-21-23-25-28-38-30-32(31-40-42(36,37)39-29-27-34(3,4)5)41-33(35)26-24-22-20-15-13-11-9-7-2/h32H,6-31H2,1-5H3/t32-/m1/s1. The molecule has 42 heavy (non-hydrogen) atoms. The average molecular weight is 622 g/mol. The van der Waals surface area contributed by atoms with E-state index in [1.165, 1.54) is 96.3 Å². The van der Waals surface area contributed by atoms with Crippen LogP contribution in [0.5, 0.6) is 0 Å². The summed E-state index contributed by atoms with van der Waals surface area (Å²) in [5.41, 5.74) is 0. The van der Waals surface area contributed by atoms with Gasteiger partial charge in [-0.25, -0.2) is 0 Å². The van der Waals surface area contributed by atoms with Crippen molar-refractivity contribution in [3.8, 4) is 0 Å². The minimum atomic E-state index is -4.50. The number of rotatable bonds is 32. The number of phosphoric ester groups is 1. The van der Waals surface area contributed by atoms with Gasteiger partial charge in [0.05, 0.1) is 34.4 Å². The third kappa shape index (κ3) is 30.9. The van der Waals surface area contributed by atoms with Crippen molar-refractivity contribution in [2.45, 2.75) is 155 Å². The zero-order chi connectivity index (χ0) is 31.4. The number of hydrogen-bond donors (Lipinski definition) is 0. The number of hydrogen-bond acceptors (Lipinski definition) is 7. The summed E-state index contributed by atoms with van der Waals surface area (Å²) in [5.74, 6) is -0.338. The van der Waals surface area contributed by atoms with E-state index in [2.05, 4.69) is 13.8 Å². The molecule has 1 unspecified atom stereocenters. The molecule has 0 fully saturated rings. The molecule has 0 amide bonds. The molecule has 0 aromatic heterocycles. The van der Waals surface area contributed by atoms with Crippen LogP contribution in [0, 0.1) is 0 Å². The van der Waals surface area contributed by atoms with E-state index in [4.69, 9.17) is 18.5 Å². The number of carbonyl (C=O) groups is 1. The van der Waals surface area contributed by atoms with E-state index in [0.717, 1.165) is 32.1 Å². The Kier molecular flexibility index (Phi) is 27.7. The number of esters is 1. The van der Waals surface area contributed by atoms with Gasteiger partial charge >= 0.3 is 5.97 Å². The van der Waals surface area contributed by atoms with Crippen molar-refractivity contribution in [2.24, 2.45) is 0 Å². The first-order valence-corrected chi connectivity index (χ1v) is 18.7. The van der Waals surface area contributed by atoms with Crippen molar-refractivity contribution in [3.05, 3.63) is 0 Å². The van der Waals surface area contributed by atoms with Gasteiger partial charge in [0.1, 0.15) is 19.3 Å². The highest BCUT2D eigenvalue weighted by molar-refractivity contribution is 7.45. The van der Waals surface area contributed by atoms with Gasteiger partial charge in [0.2, 0.25) is 0 Å². The van der Waals surface area contributed by atoms with Crippen LogP contribution in [-0.4, -0.2) is 70.7 Å². The number of likely N-dealkylation sites (N-methyl/N-ethyl adjacent to an activating group) is 1. The van der Waals surface area contributed by atoms with Crippen molar-refractivity contribution in [1.29, 1.82) is 0 Å². The first-order valence-electron chi connectivity index (χ1n) is 17.3. The Hall–Kier alpha value is -0.500. The van der Waals surface area contributed by atoms with Crippen LogP contribution >= 0.6 is 7.82 Å². The van der Waals surface area contributed by atoms with Crippen LogP contribution in [0.3, 0.4) is 0 Å². The van der Waals surface area contributed by atoms with E-state index in [1.54, 1.807) is 0 Å². The summed E-state index contributed by atoms with van der Waals surface area (Å²) < 4.78 is 34.2. The van der Waals surface area contributed by atoms with Gasteiger partial charge in [0.25, 0.3) is 7.82 Å². The highest BCUT2D eigenvalue weighted by Gasteiger charge is 2.20. The van der Waals surface area contributed by atoms with Crippen LogP contribution < -0.4 is 4.89 Å². The van der Waals surface area contributed by atoms with Crippen molar-refractivity contribution in [2.75, 3.05) is 54.1 Å². The van der Waals surface area contributed by atoms with Gasteiger partial charge in [-0.2, -0.15) is 0 Å². The van der Waals surface area contributed by atoms with Gasteiger partial charge in [-0.3, -0.25) is 9.36 Å². The Balaban J connectivity index is 4.30. The molecule has 252 valence electrons. The van der Waals surface area contributed by atoms with Crippen molar-refractivity contribution >= 4 is 13.8 Å². The molecule has 0 N–H and O–H groups in total. The molecule has 0 saturated heterocycles. The predicted molar refractivity (Wildman–Crippen MR) is 171 cm³/mol. The monoisotopic (exact) mass is 621 g/mol. The molecular formula is C33H68NO7P. The lowest BCUT2D eigenvalue weighted by molar-refractivity contribution is -0.870. The number of phosphoric acid groups is 1. The Bertz CT molecular complexity index is 657. The Labute approximate surface area is 259 Å². The maximum atomic E-state index is 12.5. The minimum Gasteiger partial charge on any atom is -0.756 e. The van der Waals surface area contributed by atoms with Crippen LogP contribution in [-0.2, 0) is 27.9 Å². The van der Waals surface area contributed by atoms with Crippen molar-refractivity contribution in [3.63, 3.8) is 0 Å². The molecule has 0 aliphatic rings.